The maximum Gasteiger partial charge on any atom is 0.258 e. The van der Waals surface area contributed by atoms with Crippen molar-refractivity contribution in [2.24, 2.45) is 0 Å². The maximum atomic E-state index is 13.1. The first-order chi connectivity index (χ1) is 16.5. The van der Waals surface area contributed by atoms with Gasteiger partial charge >= 0.3 is 0 Å². The van der Waals surface area contributed by atoms with Gasteiger partial charge in [-0.05, 0) is 62.1 Å². The minimum Gasteiger partial charge on any atom is -0.420 e. The third-order valence-corrected chi connectivity index (χ3v) is 6.22. The van der Waals surface area contributed by atoms with Crippen LogP contribution in [0, 0.1) is 5.82 Å². The van der Waals surface area contributed by atoms with Gasteiger partial charge in [-0.3, -0.25) is 9.59 Å². The van der Waals surface area contributed by atoms with Crippen molar-refractivity contribution in [1.29, 1.82) is 0 Å². The van der Waals surface area contributed by atoms with E-state index in [-0.39, 0.29) is 35.7 Å². The van der Waals surface area contributed by atoms with Crippen LogP contribution in [0.1, 0.15) is 49.7 Å². The summed E-state index contributed by atoms with van der Waals surface area (Å²) in [6.07, 6.45) is 3.91. The molecule has 1 aliphatic carbocycles. The van der Waals surface area contributed by atoms with Gasteiger partial charge in [0.2, 0.25) is 17.7 Å². The highest BCUT2D eigenvalue weighted by Crippen LogP contribution is 2.33. The molecule has 2 aromatic heterocycles. The molecule has 0 atom stereocenters. The smallest absolute Gasteiger partial charge is 0.258 e. The van der Waals surface area contributed by atoms with Crippen LogP contribution >= 0.6 is 0 Å². The highest BCUT2D eigenvalue weighted by Gasteiger charge is 2.27. The lowest BCUT2D eigenvalue weighted by Gasteiger charge is -2.27. The van der Waals surface area contributed by atoms with Gasteiger partial charge in [-0.25, -0.2) is 9.37 Å². The molecule has 2 heterocycles. The minimum absolute atomic E-state index is 0.0596. The zero-order valence-electron chi connectivity index (χ0n) is 18.5. The molecule has 0 saturated heterocycles. The number of rotatable bonds is 6. The van der Waals surface area contributed by atoms with Crippen molar-refractivity contribution in [3.63, 3.8) is 0 Å². The van der Waals surface area contributed by atoms with Crippen molar-refractivity contribution < 1.29 is 13.6 Å². The summed E-state index contributed by atoms with van der Waals surface area (Å²) in [6.45, 7) is 0. The molecular weight excluding hydrogens is 437 g/mol. The molecule has 4 aromatic rings. The summed E-state index contributed by atoms with van der Waals surface area (Å²) in [5.41, 5.74) is 1.12. The molecule has 9 heteroatoms. The van der Waals surface area contributed by atoms with Crippen LogP contribution in [0.4, 0.5) is 4.39 Å². The Morgan fingerprint density at radius 3 is 2.62 bits per heavy atom. The Morgan fingerprint density at radius 1 is 1.06 bits per heavy atom. The number of aromatic nitrogens is 4. The van der Waals surface area contributed by atoms with Crippen molar-refractivity contribution in [2.75, 3.05) is 0 Å². The molecule has 34 heavy (non-hydrogen) atoms. The molecule has 2 aromatic carbocycles. The van der Waals surface area contributed by atoms with Gasteiger partial charge in [0.25, 0.3) is 5.56 Å². The first-order valence-electron chi connectivity index (χ1n) is 11.4. The van der Waals surface area contributed by atoms with Crippen LogP contribution in [0.15, 0.2) is 57.7 Å². The molecule has 1 aliphatic rings. The number of hydrogen-bond donors (Lipinski definition) is 2. The SMILES string of the molecule is O=C(CCc1nc2ccccc2c(=O)[nH]1)N[C@H]1CC[C@H](c2nnc(-c3ccc(F)cc3)o2)CC1. The Balaban J connectivity index is 1.11. The second-order valence-corrected chi connectivity index (χ2v) is 8.60. The fourth-order valence-corrected chi connectivity index (χ4v) is 4.38. The van der Waals surface area contributed by atoms with Crippen molar-refractivity contribution in [2.45, 2.75) is 50.5 Å². The van der Waals surface area contributed by atoms with E-state index in [0.29, 0.717) is 40.5 Å². The van der Waals surface area contributed by atoms with Gasteiger partial charge < -0.3 is 14.7 Å². The van der Waals surface area contributed by atoms with Crippen molar-refractivity contribution in [3.8, 4) is 11.5 Å². The van der Waals surface area contributed by atoms with Gasteiger partial charge in [0.15, 0.2) is 0 Å². The number of hydrogen-bond acceptors (Lipinski definition) is 6. The van der Waals surface area contributed by atoms with E-state index in [1.165, 1.54) is 12.1 Å². The van der Waals surface area contributed by atoms with Crippen molar-refractivity contribution in [3.05, 3.63) is 76.4 Å². The van der Waals surface area contributed by atoms with E-state index in [0.717, 1.165) is 25.7 Å². The van der Waals surface area contributed by atoms with Crippen LogP contribution in [0.5, 0.6) is 0 Å². The van der Waals surface area contributed by atoms with E-state index in [9.17, 15) is 14.0 Å². The monoisotopic (exact) mass is 461 g/mol. The third kappa shape index (κ3) is 4.88. The highest BCUT2D eigenvalue weighted by molar-refractivity contribution is 5.78. The van der Waals surface area contributed by atoms with Gasteiger partial charge in [0, 0.05) is 30.4 Å². The summed E-state index contributed by atoms with van der Waals surface area (Å²) < 4.78 is 18.9. The largest absolute Gasteiger partial charge is 0.420 e. The predicted octanol–water partition coefficient (Wildman–Crippen LogP) is 3.89. The van der Waals surface area contributed by atoms with Gasteiger partial charge in [0.05, 0.1) is 10.9 Å². The normalized spacial score (nSPS) is 18.1. The Bertz CT molecular complexity index is 1360. The molecule has 1 saturated carbocycles. The Hall–Kier alpha value is -3.88. The topological polar surface area (TPSA) is 114 Å². The molecule has 1 amide bonds. The van der Waals surface area contributed by atoms with E-state index in [1.54, 1.807) is 30.3 Å². The fourth-order valence-electron chi connectivity index (χ4n) is 4.38. The number of aromatic amines is 1. The van der Waals surface area contributed by atoms with Crippen LogP contribution in [0.3, 0.4) is 0 Å². The number of fused-ring (bicyclic) bond motifs is 1. The number of amides is 1. The van der Waals surface area contributed by atoms with Crippen LogP contribution in [-0.4, -0.2) is 32.1 Å². The number of nitrogens with one attached hydrogen (secondary N) is 2. The molecule has 0 aliphatic heterocycles. The fraction of sp³-hybridized carbons (Fsp3) is 0.320. The van der Waals surface area contributed by atoms with E-state index >= 15 is 0 Å². The first-order valence-corrected chi connectivity index (χ1v) is 11.4. The summed E-state index contributed by atoms with van der Waals surface area (Å²) in [4.78, 5) is 31.9. The number of halogens is 1. The number of H-pyrrole nitrogens is 1. The van der Waals surface area contributed by atoms with E-state index in [4.69, 9.17) is 4.42 Å². The first kappa shape index (κ1) is 21.9. The Labute approximate surface area is 194 Å². The third-order valence-electron chi connectivity index (χ3n) is 6.22. The minimum atomic E-state index is -0.314. The molecule has 2 N–H and O–H groups in total. The van der Waals surface area contributed by atoms with Crippen LogP contribution in [0.25, 0.3) is 22.4 Å². The van der Waals surface area contributed by atoms with Crippen molar-refractivity contribution in [1.82, 2.24) is 25.5 Å². The molecule has 174 valence electrons. The number of carbonyl (C=O) groups excluding carboxylic acids is 1. The van der Waals surface area contributed by atoms with Gasteiger partial charge in [-0.2, -0.15) is 0 Å². The number of carbonyl (C=O) groups is 1. The van der Waals surface area contributed by atoms with Gasteiger partial charge in [-0.1, -0.05) is 12.1 Å². The second kappa shape index (κ2) is 9.54. The lowest BCUT2D eigenvalue weighted by atomic mass is 9.86. The second-order valence-electron chi connectivity index (χ2n) is 8.60. The lowest BCUT2D eigenvalue weighted by molar-refractivity contribution is -0.122. The quantitative estimate of drug-likeness (QED) is 0.450. The number of aryl methyl sites for hydroxylation is 1. The van der Waals surface area contributed by atoms with Crippen LogP contribution < -0.4 is 10.9 Å². The summed E-state index contributed by atoms with van der Waals surface area (Å²) in [5, 5.41) is 11.9. The number of para-hydroxylation sites is 1. The average Bonchev–Trinajstić information content (AvgIpc) is 3.34. The van der Waals surface area contributed by atoms with Crippen LogP contribution in [0.2, 0.25) is 0 Å². The molecular formula is C25H24FN5O3. The number of benzene rings is 2. The number of nitrogens with zero attached hydrogens (tertiary/aromatic N) is 3. The van der Waals surface area contributed by atoms with Crippen LogP contribution in [-0.2, 0) is 11.2 Å². The molecule has 0 bridgehead atoms. The molecule has 8 nitrogen and oxygen atoms in total. The van der Waals surface area contributed by atoms with Crippen molar-refractivity contribution >= 4 is 16.8 Å². The summed E-state index contributed by atoms with van der Waals surface area (Å²) in [5.74, 6) is 1.24. The summed E-state index contributed by atoms with van der Waals surface area (Å²) >= 11 is 0. The van der Waals surface area contributed by atoms with E-state index < -0.39 is 0 Å². The molecule has 5 rings (SSSR count). The lowest BCUT2D eigenvalue weighted by Crippen LogP contribution is -2.37. The Kier molecular flexibility index (Phi) is 6.16. The molecule has 0 spiro atoms. The zero-order valence-corrected chi connectivity index (χ0v) is 18.5. The predicted molar refractivity (Wildman–Crippen MR) is 124 cm³/mol. The Morgan fingerprint density at radius 2 is 1.82 bits per heavy atom. The summed E-state index contributed by atoms with van der Waals surface area (Å²) in [7, 11) is 0. The van der Waals surface area contributed by atoms with Gasteiger partial charge in [-0.15, -0.1) is 10.2 Å². The maximum absolute atomic E-state index is 13.1. The average molecular weight is 461 g/mol. The standard InChI is InChI=1S/C25H24FN5O3/c26-17-9-5-15(6-10-17)24-30-31-25(34-24)16-7-11-18(12-8-16)27-22(32)14-13-21-28-20-4-2-1-3-19(20)23(33)29-21/h1-6,9-10,16,18H,7-8,11-14H2,(H,27,32)(H,28,29,33)/t16-,18-. The highest BCUT2D eigenvalue weighted by atomic mass is 19.1. The summed E-state index contributed by atoms with van der Waals surface area (Å²) in [6, 6.07) is 13.2. The van der Waals surface area contributed by atoms with Gasteiger partial charge in [0.1, 0.15) is 11.6 Å². The molecule has 0 radical (unpaired) electrons. The molecule has 0 unspecified atom stereocenters. The van der Waals surface area contributed by atoms with E-state index in [2.05, 4.69) is 25.5 Å². The zero-order chi connectivity index (χ0) is 23.5. The molecule has 1 fully saturated rings. The van der Waals surface area contributed by atoms with E-state index in [1.807, 2.05) is 6.07 Å².